The minimum atomic E-state index is 0.168. The van der Waals surface area contributed by atoms with E-state index in [2.05, 4.69) is 126 Å². The van der Waals surface area contributed by atoms with Gasteiger partial charge in [-0.25, -0.2) is 9.97 Å². The van der Waals surface area contributed by atoms with Gasteiger partial charge in [0, 0.05) is 33.0 Å². The number of fused-ring (bicyclic) bond motifs is 11. The summed E-state index contributed by atoms with van der Waals surface area (Å²) in [5.74, 6) is 1.91. The number of aromatic nitrogens is 5. The fourth-order valence-electron chi connectivity index (χ4n) is 8.85. The Kier molecular flexibility index (Phi) is 6.88. The number of hydrogen-bond acceptors (Lipinski definition) is 6. The van der Waals surface area contributed by atoms with Crippen molar-refractivity contribution in [1.29, 1.82) is 0 Å². The normalized spacial score (nSPS) is 14.1. The molecule has 6 nitrogen and oxygen atoms in total. The van der Waals surface area contributed by atoms with E-state index in [4.69, 9.17) is 24.4 Å². The zero-order chi connectivity index (χ0) is 36.7. The van der Waals surface area contributed by atoms with Crippen LogP contribution in [0.25, 0.3) is 93.8 Å². The molecule has 0 saturated heterocycles. The van der Waals surface area contributed by atoms with Gasteiger partial charge < -0.3 is 4.42 Å². The van der Waals surface area contributed by atoms with Crippen molar-refractivity contribution in [3.8, 4) is 39.9 Å². The summed E-state index contributed by atoms with van der Waals surface area (Å²) >= 11 is 1.81. The van der Waals surface area contributed by atoms with Gasteiger partial charge in [-0.15, -0.1) is 11.3 Å². The highest BCUT2D eigenvalue weighted by Crippen LogP contribution is 2.47. The van der Waals surface area contributed by atoms with Crippen LogP contribution in [-0.4, -0.2) is 24.5 Å². The molecule has 1 aliphatic rings. The Morgan fingerprint density at radius 3 is 2.23 bits per heavy atom. The molecule has 0 fully saturated rings. The smallest absolute Gasteiger partial charge is 0.238 e. The summed E-state index contributed by atoms with van der Waals surface area (Å²) in [6, 6.07) is 55.2. The Morgan fingerprint density at radius 2 is 1.30 bits per heavy atom. The maximum Gasteiger partial charge on any atom is 0.238 e. The summed E-state index contributed by atoms with van der Waals surface area (Å²) in [6.07, 6.45) is 1.79. The van der Waals surface area contributed by atoms with Gasteiger partial charge in [-0.1, -0.05) is 127 Å². The van der Waals surface area contributed by atoms with Crippen LogP contribution in [0.3, 0.4) is 0 Å². The van der Waals surface area contributed by atoms with Crippen LogP contribution in [0.4, 0.5) is 0 Å². The summed E-state index contributed by atoms with van der Waals surface area (Å²) in [5, 5.41) is 5.60. The van der Waals surface area contributed by atoms with E-state index < -0.39 is 0 Å². The average Bonchev–Trinajstić information content (AvgIpc) is 3.93. The van der Waals surface area contributed by atoms with Crippen molar-refractivity contribution in [2.45, 2.75) is 18.8 Å². The third-order valence-corrected chi connectivity index (χ3v) is 12.5. The van der Waals surface area contributed by atoms with E-state index in [1.807, 2.05) is 47.7 Å². The number of benzene rings is 7. The van der Waals surface area contributed by atoms with Crippen LogP contribution in [0.15, 0.2) is 162 Å². The lowest BCUT2D eigenvalue weighted by Crippen LogP contribution is -2.08. The predicted octanol–water partition coefficient (Wildman–Crippen LogP) is 12.6. The third kappa shape index (κ3) is 4.74. The van der Waals surface area contributed by atoms with Crippen LogP contribution in [0, 0.1) is 0 Å². The van der Waals surface area contributed by atoms with Crippen molar-refractivity contribution in [1.82, 2.24) is 24.5 Å². The number of nitrogens with zero attached hydrogens (tertiary/aromatic N) is 5. The van der Waals surface area contributed by atoms with Crippen molar-refractivity contribution in [2.24, 2.45) is 0 Å². The van der Waals surface area contributed by atoms with Crippen LogP contribution in [-0.2, 0) is 6.42 Å². The summed E-state index contributed by atoms with van der Waals surface area (Å²) < 4.78 is 10.0. The zero-order valence-corrected chi connectivity index (χ0v) is 30.9. The molecule has 7 heteroatoms. The van der Waals surface area contributed by atoms with E-state index in [-0.39, 0.29) is 5.92 Å². The quantitative estimate of drug-likeness (QED) is 0.180. The first-order valence-electron chi connectivity index (χ1n) is 19.0. The first kappa shape index (κ1) is 31.4. The van der Waals surface area contributed by atoms with Crippen molar-refractivity contribution in [3.63, 3.8) is 0 Å². The molecule has 0 radical (unpaired) electrons. The fourth-order valence-corrected chi connectivity index (χ4v) is 9.97. The molecule has 0 spiro atoms. The Hall–Kier alpha value is -6.96. The number of aryl methyl sites for hydroxylation is 1. The summed E-state index contributed by atoms with van der Waals surface area (Å²) in [7, 11) is 0. The van der Waals surface area contributed by atoms with Gasteiger partial charge in [-0.3, -0.25) is 4.57 Å². The Morgan fingerprint density at radius 1 is 0.554 bits per heavy atom. The Balaban J connectivity index is 1.13. The van der Waals surface area contributed by atoms with E-state index in [0.29, 0.717) is 17.6 Å². The van der Waals surface area contributed by atoms with Crippen molar-refractivity contribution in [2.75, 3.05) is 0 Å². The molecule has 0 N–H and O–H groups in total. The lowest BCUT2D eigenvalue weighted by atomic mass is 9.91. The van der Waals surface area contributed by atoms with Crippen LogP contribution in [0.5, 0.6) is 0 Å². The highest BCUT2D eigenvalue weighted by molar-refractivity contribution is 7.18. The van der Waals surface area contributed by atoms with Gasteiger partial charge >= 0.3 is 0 Å². The molecular formula is C49H31N5OS. The molecule has 264 valence electrons. The molecule has 1 atom stereocenters. The molecule has 12 rings (SSSR count). The largest absolute Gasteiger partial charge is 0.455 e. The molecule has 1 unspecified atom stereocenters. The van der Waals surface area contributed by atoms with Crippen LogP contribution in [0.2, 0.25) is 0 Å². The second-order valence-electron chi connectivity index (χ2n) is 14.5. The molecule has 0 saturated carbocycles. The summed E-state index contributed by atoms with van der Waals surface area (Å²) in [4.78, 5) is 21.0. The lowest BCUT2D eigenvalue weighted by molar-refractivity contribution is 0.669. The van der Waals surface area contributed by atoms with E-state index in [9.17, 15) is 0 Å². The molecule has 0 bridgehead atoms. The Labute approximate surface area is 325 Å². The number of para-hydroxylation sites is 4. The standard InChI is InChI=1S/C49H31N5OS/c1-2-13-29(14-3-1)46-51-47(39-20-12-19-37-34-18-7-10-23-42(34)55-45(37)39)53-49(52-46)54-41-22-9-6-17-33(41)36-26-25-32-30-15-4-5-16-31(30)38(28-27-35(32)44(36)54)48-50-40-21-8-11-24-43(40)56-48/h1-26,38H,27-28H2. The SMILES string of the molecule is c1ccc(-c2nc(-c3cccc4c3oc3ccccc34)nc(-n3c4ccccc4c4ccc5c(c43)CCC(c3nc4ccccc4s3)c3ccccc3-5)n2)cc1. The van der Waals surface area contributed by atoms with E-state index in [0.717, 1.165) is 72.9 Å². The topological polar surface area (TPSA) is 69.6 Å². The summed E-state index contributed by atoms with van der Waals surface area (Å²) in [5.41, 5.74) is 11.7. The van der Waals surface area contributed by atoms with Gasteiger partial charge in [-0.2, -0.15) is 9.97 Å². The molecule has 11 aromatic rings. The number of rotatable bonds is 4. The highest BCUT2D eigenvalue weighted by Gasteiger charge is 2.29. The highest BCUT2D eigenvalue weighted by atomic mass is 32.1. The van der Waals surface area contributed by atoms with Crippen molar-refractivity contribution < 1.29 is 4.42 Å². The number of furan rings is 1. The van der Waals surface area contributed by atoms with Crippen molar-refractivity contribution in [3.05, 3.63) is 174 Å². The van der Waals surface area contributed by atoms with Crippen LogP contribution < -0.4 is 0 Å². The van der Waals surface area contributed by atoms with Crippen LogP contribution in [0.1, 0.15) is 28.5 Å². The molecule has 0 amide bonds. The third-order valence-electron chi connectivity index (χ3n) is 11.4. The van der Waals surface area contributed by atoms with Gasteiger partial charge in [-0.05, 0) is 65.4 Å². The van der Waals surface area contributed by atoms with E-state index >= 15 is 0 Å². The zero-order valence-electron chi connectivity index (χ0n) is 30.1. The molecule has 56 heavy (non-hydrogen) atoms. The molecule has 1 aliphatic carbocycles. The predicted molar refractivity (Wildman–Crippen MR) is 228 cm³/mol. The van der Waals surface area contributed by atoms with Gasteiger partial charge in [0.05, 0.1) is 26.8 Å². The second-order valence-corrected chi connectivity index (χ2v) is 15.5. The fraction of sp³-hybridized carbons (Fsp3) is 0.0612. The van der Waals surface area contributed by atoms with Gasteiger partial charge in [0.25, 0.3) is 0 Å². The monoisotopic (exact) mass is 737 g/mol. The molecule has 7 aromatic carbocycles. The summed E-state index contributed by atoms with van der Waals surface area (Å²) in [6.45, 7) is 0. The van der Waals surface area contributed by atoms with Gasteiger partial charge in [0.15, 0.2) is 11.6 Å². The molecule has 0 aliphatic heterocycles. The van der Waals surface area contributed by atoms with Crippen LogP contribution >= 0.6 is 11.3 Å². The average molecular weight is 738 g/mol. The van der Waals surface area contributed by atoms with Gasteiger partial charge in [0.1, 0.15) is 16.2 Å². The van der Waals surface area contributed by atoms with E-state index in [1.165, 1.54) is 32.3 Å². The maximum absolute atomic E-state index is 6.53. The lowest BCUT2D eigenvalue weighted by Gasteiger charge is -2.15. The number of hydrogen-bond donors (Lipinski definition) is 0. The minimum Gasteiger partial charge on any atom is -0.455 e. The first-order valence-corrected chi connectivity index (χ1v) is 19.8. The molecular weight excluding hydrogens is 707 g/mol. The van der Waals surface area contributed by atoms with E-state index in [1.54, 1.807) is 0 Å². The minimum absolute atomic E-state index is 0.168. The van der Waals surface area contributed by atoms with Crippen molar-refractivity contribution >= 4 is 65.3 Å². The second kappa shape index (κ2) is 12.3. The molecule has 4 heterocycles. The van der Waals surface area contributed by atoms with Gasteiger partial charge in [0.2, 0.25) is 5.95 Å². The number of thiazole rings is 1. The maximum atomic E-state index is 6.53. The molecule has 4 aromatic heterocycles. The Bertz CT molecular complexity index is 3310. The first-order chi connectivity index (χ1) is 27.8.